The van der Waals surface area contributed by atoms with Crippen molar-refractivity contribution in [1.29, 1.82) is 0 Å². The van der Waals surface area contributed by atoms with Crippen LogP contribution in [0, 0.1) is 29.4 Å². The number of aliphatic hydroxyl groups excluding tert-OH is 1. The van der Waals surface area contributed by atoms with Gasteiger partial charge in [0.05, 0.1) is 31.1 Å². The number of benzene rings is 2. The summed E-state index contributed by atoms with van der Waals surface area (Å²) in [6.07, 6.45) is 0.654. The zero-order valence-electron chi connectivity index (χ0n) is 23.3. The summed E-state index contributed by atoms with van der Waals surface area (Å²) >= 11 is 0. The van der Waals surface area contributed by atoms with Gasteiger partial charge in [0.1, 0.15) is 17.4 Å². The Morgan fingerprint density at radius 1 is 1.03 bits per heavy atom. The molecule has 2 aromatic rings. The standard InChI is InChI=1S/C30H41F2N3O4/c1-5-10-35(11-6-2)30(38)28-19(3)27(28)29(37)34-25(15-21-12-22(31)16-23(32)13-21)26(36)18-33-17-20-8-7-9-24(14-20)39-4/h7-9,12-14,16,19,25-28,33,36H,5-6,10-11,15,17-18H2,1-4H3,(H,34,37)/t19-,25+,26-,27-,28-/m1/s1. The van der Waals surface area contributed by atoms with Crippen molar-refractivity contribution in [1.82, 2.24) is 15.5 Å². The fourth-order valence-electron chi connectivity index (χ4n) is 5.16. The third-order valence-electron chi connectivity index (χ3n) is 7.25. The van der Waals surface area contributed by atoms with Crippen molar-refractivity contribution >= 4 is 11.8 Å². The maximum atomic E-state index is 13.9. The Morgan fingerprint density at radius 3 is 2.31 bits per heavy atom. The molecule has 1 aliphatic carbocycles. The van der Waals surface area contributed by atoms with E-state index in [1.807, 2.05) is 49.9 Å². The molecule has 39 heavy (non-hydrogen) atoms. The van der Waals surface area contributed by atoms with Crippen LogP contribution in [0.25, 0.3) is 0 Å². The van der Waals surface area contributed by atoms with E-state index in [0.29, 0.717) is 30.9 Å². The second-order valence-electron chi connectivity index (χ2n) is 10.4. The fourth-order valence-corrected chi connectivity index (χ4v) is 5.16. The summed E-state index contributed by atoms with van der Waals surface area (Å²) in [4.78, 5) is 28.2. The van der Waals surface area contributed by atoms with Gasteiger partial charge < -0.3 is 25.4 Å². The number of nitrogens with one attached hydrogen (secondary N) is 2. The molecular weight excluding hydrogens is 504 g/mol. The molecule has 2 amide bonds. The predicted molar refractivity (Wildman–Crippen MR) is 146 cm³/mol. The summed E-state index contributed by atoms with van der Waals surface area (Å²) < 4.78 is 33.0. The molecule has 0 aromatic heterocycles. The van der Waals surface area contributed by atoms with Gasteiger partial charge in [-0.3, -0.25) is 9.59 Å². The number of aliphatic hydroxyl groups is 1. The largest absolute Gasteiger partial charge is 0.497 e. The number of methoxy groups -OCH3 is 1. The molecule has 0 bridgehead atoms. The summed E-state index contributed by atoms with van der Waals surface area (Å²) in [5.74, 6) is -2.12. The smallest absolute Gasteiger partial charge is 0.226 e. The molecule has 1 fully saturated rings. The van der Waals surface area contributed by atoms with Gasteiger partial charge in [-0.1, -0.05) is 32.9 Å². The van der Waals surface area contributed by atoms with Crippen LogP contribution in [0.3, 0.4) is 0 Å². The van der Waals surface area contributed by atoms with E-state index in [1.54, 1.807) is 7.11 Å². The lowest BCUT2D eigenvalue weighted by Crippen LogP contribution is -2.49. The van der Waals surface area contributed by atoms with Gasteiger partial charge in [0, 0.05) is 32.2 Å². The van der Waals surface area contributed by atoms with Crippen LogP contribution < -0.4 is 15.4 Å². The number of amides is 2. The average Bonchev–Trinajstić information content (AvgIpc) is 3.58. The number of carbonyl (C=O) groups is 2. The van der Waals surface area contributed by atoms with Crippen LogP contribution in [0.5, 0.6) is 5.75 Å². The van der Waals surface area contributed by atoms with Gasteiger partial charge in [0.15, 0.2) is 0 Å². The number of nitrogens with zero attached hydrogens (tertiary/aromatic N) is 1. The maximum absolute atomic E-state index is 13.9. The minimum Gasteiger partial charge on any atom is -0.497 e. The first-order valence-electron chi connectivity index (χ1n) is 13.7. The molecule has 2 aromatic carbocycles. The molecule has 1 aliphatic rings. The Hall–Kier alpha value is -3.04. The summed E-state index contributed by atoms with van der Waals surface area (Å²) in [6, 6.07) is 9.85. The zero-order valence-corrected chi connectivity index (χ0v) is 23.3. The van der Waals surface area contributed by atoms with Gasteiger partial charge in [0.2, 0.25) is 11.8 Å². The average molecular weight is 546 g/mol. The van der Waals surface area contributed by atoms with Crippen molar-refractivity contribution in [2.45, 2.75) is 58.7 Å². The Kier molecular flexibility index (Phi) is 11.2. The van der Waals surface area contributed by atoms with Gasteiger partial charge in [-0.2, -0.15) is 0 Å². The lowest BCUT2D eigenvalue weighted by Gasteiger charge is -2.25. The highest BCUT2D eigenvalue weighted by molar-refractivity contribution is 5.93. The second kappa shape index (κ2) is 14.4. The van der Waals surface area contributed by atoms with Gasteiger partial charge in [-0.25, -0.2) is 8.78 Å². The Morgan fingerprint density at radius 2 is 1.69 bits per heavy atom. The van der Waals surface area contributed by atoms with Crippen LogP contribution in [0.4, 0.5) is 8.78 Å². The molecule has 0 radical (unpaired) electrons. The molecule has 5 atom stereocenters. The summed E-state index contributed by atoms with van der Waals surface area (Å²) in [6.45, 7) is 7.78. The maximum Gasteiger partial charge on any atom is 0.226 e. The minimum atomic E-state index is -1.05. The van der Waals surface area contributed by atoms with E-state index in [4.69, 9.17) is 4.74 Å². The quantitative estimate of drug-likeness (QED) is 0.318. The first-order valence-corrected chi connectivity index (χ1v) is 13.7. The number of ether oxygens (including phenoxy) is 1. The van der Waals surface area contributed by atoms with Gasteiger partial charge in [0.25, 0.3) is 0 Å². The third-order valence-corrected chi connectivity index (χ3v) is 7.25. The Balaban J connectivity index is 1.69. The molecule has 0 heterocycles. The SMILES string of the molecule is CCCN(CCC)C(=O)[C@@H]1[C@H](C)[C@H]1C(=O)N[C@@H](Cc1cc(F)cc(F)c1)[C@H](O)CNCc1cccc(OC)c1. The normalized spacial score (nSPS) is 19.7. The molecule has 3 N–H and O–H groups in total. The molecule has 1 saturated carbocycles. The molecule has 0 unspecified atom stereocenters. The van der Waals surface area contributed by atoms with E-state index < -0.39 is 35.6 Å². The van der Waals surface area contributed by atoms with Crippen molar-refractivity contribution in [3.8, 4) is 5.75 Å². The van der Waals surface area contributed by atoms with Crippen molar-refractivity contribution in [3.63, 3.8) is 0 Å². The van der Waals surface area contributed by atoms with Gasteiger partial charge in [-0.05, 0) is 60.6 Å². The van der Waals surface area contributed by atoms with Crippen LogP contribution in [-0.4, -0.2) is 60.7 Å². The molecule has 9 heteroatoms. The van der Waals surface area contributed by atoms with Crippen LogP contribution in [0.1, 0.15) is 44.7 Å². The third kappa shape index (κ3) is 8.47. The topological polar surface area (TPSA) is 90.9 Å². The Bertz CT molecular complexity index is 1090. The van der Waals surface area contributed by atoms with Crippen LogP contribution in [0.2, 0.25) is 0 Å². The van der Waals surface area contributed by atoms with E-state index >= 15 is 0 Å². The van der Waals surface area contributed by atoms with Crippen molar-refractivity contribution in [2.24, 2.45) is 17.8 Å². The van der Waals surface area contributed by atoms with E-state index in [-0.39, 0.29) is 30.7 Å². The van der Waals surface area contributed by atoms with Gasteiger partial charge in [-0.15, -0.1) is 0 Å². The molecule has 214 valence electrons. The first-order chi connectivity index (χ1) is 18.7. The summed E-state index contributed by atoms with van der Waals surface area (Å²) in [5.41, 5.74) is 1.27. The van der Waals surface area contributed by atoms with Crippen molar-refractivity contribution in [3.05, 3.63) is 65.2 Å². The molecule has 0 spiro atoms. The number of rotatable bonds is 15. The van der Waals surface area contributed by atoms with Crippen molar-refractivity contribution < 1.29 is 28.2 Å². The van der Waals surface area contributed by atoms with E-state index in [2.05, 4.69) is 10.6 Å². The Labute approximate surface area is 229 Å². The molecule has 0 saturated heterocycles. The lowest BCUT2D eigenvalue weighted by atomic mass is 10.00. The van der Waals surface area contributed by atoms with Crippen LogP contribution in [0.15, 0.2) is 42.5 Å². The first kappa shape index (κ1) is 30.5. The monoisotopic (exact) mass is 545 g/mol. The lowest BCUT2D eigenvalue weighted by molar-refractivity contribution is -0.135. The highest BCUT2D eigenvalue weighted by Crippen LogP contribution is 2.47. The zero-order chi connectivity index (χ0) is 28.5. The molecule has 0 aliphatic heterocycles. The van der Waals surface area contributed by atoms with E-state index in [1.165, 1.54) is 12.1 Å². The molecule has 7 nitrogen and oxygen atoms in total. The van der Waals surface area contributed by atoms with Crippen LogP contribution >= 0.6 is 0 Å². The highest BCUT2D eigenvalue weighted by atomic mass is 19.1. The fraction of sp³-hybridized carbons (Fsp3) is 0.533. The van der Waals surface area contributed by atoms with E-state index in [0.717, 1.165) is 24.5 Å². The number of hydrogen-bond acceptors (Lipinski definition) is 5. The highest BCUT2D eigenvalue weighted by Gasteiger charge is 2.57. The number of halogens is 2. The summed E-state index contributed by atoms with van der Waals surface area (Å²) in [7, 11) is 1.59. The van der Waals surface area contributed by atoms with Crippen LogP contribution in [-0.2, 0) is 22.6 Å². The molecular formula is C30H41F2N3O4. The minimum absolute atomic E-state index is 0.0180. The van der Waals surface area contributed by atoms with E-state index in [9.17, 15) is 23.5 Å². The molecule has 3 rings (SSSR count). The summed E-state index contributed by atoms with van der Waals surface area (Å²) in [5, 5.41) is 17.1. The number of carbonyl (C=O) groups excluding carboxylic acids is 2. The predicted octanol–water partition coefficient (Wildman–Crippen LogP) is 3.68. The van der Waals surface area contributed by atoms with Crippen molar-refractivity contribution in [2.75, 3.05) is 26.7 Å². The van der Waals surface area contributed by atoms with Gasteiger partial charge >= 0.3 is 0 Å². The number of hydrogen-bond donors (Lipinski definition) is 3. The second-order valence-corrected chi connectivity index (χ2v) is 10.4.